The van der Waals surface area contributed by atoms with Gasteiger partial charge in [0.25, 0.3) is 11.8 Å². The highest BCUT2D eigenvalue weighted by atomic mass is 16.5. The Morgan fingerprint density at radius 2 is 1.58 bits per heavy atom. The molecule has 0 aromatic heterocycles. The van der Waals surface area contributed by atoms with Gasteiger partial charge in [0.05, 0.1) is 13.7 Å². The van der Waals surface area contributed by atoms with Crippen molar-refractivity contribution in [1.82, 2.24) is 10.2 Å². The molecule has 2 unspecified atom stereocenters. The maximum absolute atomic E-state index is 12.8. The molecule has 2 rings (SSSR count). The number of amides is 2. The molecule has 2 amide bonds. The van der Waals surface area contributed by atoms with Gasteiger partial charge in [-0.3, -0.25) is 9.59 Å². The summed E-state index contributed by atoms with van der Waals surface area (Å²) >= 11 is 0. The van der Waals surface area contributed by atoms with E-state index in [4.69, 9.17) is 9.84 Å². The van der Waals surface area contributed by atoms with Crippen LogP contribution >= 0.6 is 0 Å². The third-order valence-electron chi connectivity index (χ3n) is 4.60. The Hall–Kier alpha value is -3.43. The number of rotatable bonds is 9. The maximum Gasteiger partial charge on any atom is 0.338 e. The highest BCUT2D eigenvalue weighted by molar-refractivity contribution is 6.07. The largest absolute Gasteiger partial charge is 0.491 e. The van der Waals surface area contributed by atoms with Gasteiger partial charge in [0.2, 0.25) is 6.04 Å². The molecule has 31 heavy (non-hydrogen) atoms. The van der Waals surface area contributed by atoms with Crippen LogP contribution in [0.2, 0.25) is 0 Å². The number of aliphatic hydroxyl groups excluding tert-OH is 2. The highest BCUT2D eigenvalue weighted by Gasteiger charge is 2.34. The summed E-state index contributed by atoms with van der Waals surface area (Å²) in [5.41, 5.74) is 2.03. The number of methoxy groups -OCH3 is 1. The fourth-order valence-electron chi connectivity index (χ4n) is 2.80. The summed E-state index contributed by atoms with van der Waals surface area (Å²) < 4.78 is 10.0. The van der Waals surface area contributed by atoms with Crippen LogP contribution in [0, 0.1) is 0 Å². The molecule has 0 aliphatic carbocycles. The number of hydrogen-bond acceptors (Lipinski definition) is 7. The van der Waals surface area contributed by atoms with E-state index in [0.717, 1.165) is 23.1 Å². The summed E-state index contributed by atoms with van der Waals surface area (Å²) in [6.45, 7) is -0.384. The minimum atomic E-state index is -1.39. The monoisotopic (exact) mass is 430 g/mol. The van der Waals surface area contributed by atoms with Crippen molar-refractivity contribution < 1.29 is 34.1 Å². The van der Waals surface area contributed by atoms with E-state index in [0.29, 0.717) is 11.3 Å². The van der Waals surface area contributed by atoms with Gasteiger partial charge in [-0.25, -0.2) is 4.79 Å². The van der Waals surface area contributed by atoms with Crippen molar-refractivity contribution in [3.05, 3.63) is 54.1 Å². The maximum atomic E-state index is 12.8. The van der Waals surface area contributed by atoms with Crippen molar-refractivity contribution in [2.24, 2.45) is 0 Å². The van der Waals surface area contributed by atoms with Crippen molar-refractivity contribution in [2.45, 2.75) is 12.1 Å². The minimum Gasteiger partial charge on any atom is -0.491 e. The molecular weight excluding hydrogens is 404 g/mol. The first-order valence-electron chi connectivity index (χ1n) is 9.51. The zero-order chi connectivity index (χ0) is 23.0. The van der Waals surface area contributed by atoms with E-state index in [1.807, 2.05) is 12.1 Å². The number of carbonyl (C=O) groups excluding carboxylic acids is 3. The standard InChI is InChI=1S/C22H26N2O7/c1-23-20(27)19(22(29)30-3)24(2)21(28)16-6-4-14(5-7-16)15-8-10-18(11-9-15)31-13-17(26)12-25/h4-11,17,19,25-26H,12-13H2,1-3H3,(H,23,27). The molecule has 0 spiro atoms. The Kier molecular flexibility index (Phi) is 8.53. The topological polar surface area (TPSA) is 125 Å². The van der Waals surface area contributed by atoms with Crippen molar-refractivity contribution >= 4 is 17.8 Å². The SMILES string of the molecule is CNC(=O)C(C(=O)OC)N(C)C(=O)c1ccc(-c2ccc(OCC(O)CO)cc2)cc1. The van der Waals surface area contributed by atoms with Crippen LogP contribution in [0.4, 0.5) is 0 Å². The molecule has 3 N–H and O–H groups in total. The average Bonchev–Trinajstić information content (AvgIpc) is 2.82. The normalized spacial score (nSPS) is 12.4. The van der Waals surface area contributed by atoms with E-state index in [9.17, 15) is 19.5 Å². The molecule has 9 heteroatoms. The van der Waals surface area contributed by atoms with E-state index in [1.165, 1.54) is 14.1 Å². The highest BCUT2D eigenvalue weighted by Crippen LogP contribution is 2.23. The van der Waals surface area contributed by atoms with Crippen LogP contribution in [-0.4, -0.2) is 79.5 Å². The predicted octanol–water partition coefficient (Wildman–Crippen LogP) is 0.445. The summed E-state index contributed by atoms with van der Waals surface area (Å²) in [4.78, 5) is 37.7. The van der Waals surface area contributed by atoms with Gasteiger partial charge in [-0.15, -0.1) is 0 Å². The molecule has 0 bridgehead atoms. The summed E-state index contributed by atoms with van der Waals surface area (Å²) in [6, 6.07) is 12.4. The Balaban J connectivity index is 2.12. The lowest BCUT2D eigenvalue weighted by molar-refractivity contribution is -0.150. The summed E-state index contributed by atoms with van der Waals surface area (Å²) in [6.07, 6.45) is -0.940. The molecule has 9 nitrogen and oxygen atoms in total. The quantitative estimate of drug-likeness (QED) is 0.389. The van der Waals surface area contributed by atoms with Crippen molar-refractivity contribution in [3.63, 3.8) is 0 Å². The van der Waals surface area contributed by atoms with Gasteiger partial charge in [0.1, 0.15) is 18.5 Å². The summed E-state index contributed by atoms with van der Waals surface area (Å²) in [5.74, 6) is -1.43. The number of nitrogens with zero attached hydrogens (tertiary/aromatic N) is 1. The van der Waals surface area contributed by atoms with E-state index in [1.54, 1.807) is 36.4 Å². The van der Waals surface area contributed by atoms with Gasteiger partial charge in [-0.05, 0) is 35.4 Å². The molecule has 2 aromatic rings. The Labute approximate surface area is 180 Å². The van der Waals surface area contributed by atoms with Crippen LogP contribution in [-0.2, 0) is 14.3 Å². The van der Waals surface area contributed by atoms with E-state index < -0.39 is 29.9 Å². The van der Waals surface area contributed by atoms with Crippen LogP contribution in [0.3, 0.4) is 0 Å². The first kappa shape index (κ1) is 23.8. The number of carbonyl (C=O) groups is 3. The second-order valence-corrected chi connectivity index (χ2v) is 6.71. The number of hydrogen-bond donors (Lipinski definition) is 3. The van der Waals surface area contributed by atoms with Gasteiger partial charge < -0.3 is 29.9 Å². The zero-order valence-electron chi connectivity index (χ0n) is 17.6. The third kappa shape index (κ3) is 6.03. The van der Waals surface area contributed by atoms with Gasteiger partial charge in [0, 0.05) is 19.7 Å². The van der Waals surface area contributed by atoms with Crippen LogP contribution < -0.4 is 10.1 Å². The van der Waals surface area contributed by atoms with Gasteiger partial charge in [-0.2, -0.15) is 0 Å². The van der Waals surface area contributed by atoms with Crippen LogP contribution in [0.25, 0.3) is 11.1 Å². The number of aliphatic hydroxyl groups is 2. The number of nitrogens with one attached hydrogen (secondary N) is 1. The lowest BCUT2D eigenvalue weighted by Crippen LogP contribution is -2.51. The number of likely N-dealkylation sites (N-methyl/N-ethyl adjacent to an activating group) is 2. The predicted molar refractivity (Wildman–Crippen MR) is 112 cm³/mol. The summed E-state index contributed by atoms with van der Waals surface area (Å²) in [5, 5.41) is 20.5. The third-order valence-corrected chi connectivity index (χ3v) is 4.60. The van der Waals surface area contributed by atoms with Crippen LogP contribution in [0.1, 0.15) is 10.4 Å². The summed E-state index contributed by atoms with van der Waals surface area (Å²) in [7, 11) is 3.88. The molecule has 2 aromatic carbocycles. The van der Waals surface area contributed by atoms with Crippen molar-refractivity contribution in [1.29, 1.82) is 0 Å². The van der Waals surface area contributed by atoms with Gasteiger partial charge in [0.15, 0.2) is 0 Å². The first-order valence-corrected chi connectivity index (χ1v) is 9.51. The number of ether oxygens (including phenoxy) is 2. The molecule has 2 atom stereocenters. The molecule has 0 aliphatic rings. The molecular formula is C22H26N2O7. The van der Waals surface area contributed by atoms with Gasteiger partial charge in [-0.1, -0.05) is 24.3 Å². The molecule has 0 fully saturated rings. The molecule has 0 saturated carbocycles. The molecule has 0 aliphatic heterocycles. The molecule has 0 heterocycles. The van der Waals surface area contributed by atoms with E-state index in [-0.39, 0.29) is 13.2 Å². The Morgan fingerprint density at radius 3 is 2.06 bits per heavy atom. The minimum absolute atomic E-state index is 0.0111. The van der Waals surface area contributed by atoms with E-state index in [2.05, 4.69) is 10.1 Å². The van der Waals surface area contributed by atoms with Gasteiger partial charge >= 0.3 is 5.97 Å². The fraction of sp³-hybridized carbons (Fsp3) is 0.318. The van der Waals surface area contributed by atoms with Crippen molar-refractivity contribution in [2.75, 3.05) is 34.4 Å². The zero-order valence-corrected chi connectivity index (χ0v) is 17.6. The Bertz CT molecular complexity index is 881. The average molecular weight is 430 g/mol. The smallest absolute Gasteiger partial charge is 0.338 e. The molecule has 0 saturated heterocycles. The Morgan fingerprint density at radius 1 is 1.03 bits per heavy atom. The number of esters is 1. The second-order valence-electron chi connectivity index (χ2n) is 6.71. The first-order chi connectivity index (χ1) is 14.8. The van der Waals surface area contributed by atoms with Crippen molar-refractivity contribution in [3.8, 4) is 16.9 Å². The van der Waals surface area contributed by atoms with E-state index >= 15 is 0 Å². The lowest BCUT2D eigenvalue weighted by atomic mass is 10.0. The molecule has 166 valence electrons. The lowest BCUT2D eigenvalue weighted by Gasteiger charge is -2.24. The van der Waals surface area contributed by atoms with Crippen LogP contribution in [0.5, 0.6) is 5.75 Å². The number of benzene rings is 2. The van der Waals surface area contributed by atoms with Crippen LogP contribution in [0.15, 0.2) is 48.5 Å². The molecule has 0 radical (unpaired) electrons. The fourth-order valence-corrected chi connectivity index (χ4v) is 2.80. The second kappa shape index (κ2) is 11.1.